The van der Waals surface area contributed by atoms with E-state index >= 15 is 0 Å². The van der Waals surface area contributed by atoms with Crippen molar-refractivity contribution in [3.63, 3.8) is 0 Å². The van der Waals surface area contributed by atoms with Gasteiger partial charge < -0.3 is 0 Å². The van der Waals surface area contributed by atoms with Gasteiger partial charge in [-0.25, -0.2) is 0 Å². The first-order chi connectivity index (χ1) is 18.3. The van der Waals surface area contributed by atoms with Crippen LogP contribution >= 0.6 is 0 Å². The molecule has 2 heterocycles. The van der Waals surface area contributed by atoms with Gasteiger partial charge in [0, 0.05) is 24.8 Å². The highest BCUT2D eigenvalue weighted by Crippen LogP contribution is 2.43. The Kier molecular flexibility index (Phi) is 5.18. The van der Waals surface area contributed by atoms with E-state index in [4.69, 9.17) is 0 Å². The average Bonchev–Trinajstić information content (AvgIpc) is 2.98. The van der Waals surface area contributed by atoms with E-state index in [0.717, 1.165) is 17.5 Å². The summed E-state index contributed by atoms with van der Waals surface area (Å²) >= 11 is 0. The Labute approximate surface area is 217 Å². The fraction of sp³-hybridized carbons (Fsp3) is 0.0857. The smallest absolute Gasteiger partial charge is 0.0273 e. The predicted molar refractivity (Wildman–Crippen MR) is 155 cm³/mol. The summed E-state index contributed by atoms with van der Waals surface area (Å²) in [5, 5.41) is 5.37. The van der Waals surface area contributed by atoms with Gasteiger partial charge in [0.25, 0.3) is 0 Å². The number of pyridine rings is 2. The summed E-state index contributed by atoms with van der Waals surface area (Å²) in [6.45, 7) is 2.36. The Morgan fingerprint density at radius 2 is 1.11 bits per heavy atom. The van der Waals surface area contributed by atoms with E-state index in [1.54, 1.807) is 0 Å². The Balaban J connectivity index is 1.50. The van der Waals surface area contributed by atoms with E-state index in [9.17, 15) is 0 Å². The quantitative estimate of drug-likeness (QED) is 0.239. The van der Waals surface area contributed by atoms with Crippen LogP contribution in [0.4, 0.5) is 0 Å². The second-order valence-electron chi connectivity index (χ2n) is 9.94. The number of aromatic nitrogens is 2. The molecule has 2 aromatic heterocycles. The molecule has 0 aliphatic heterocycles. The van der Waals surface area contributed by atoms with Crippen LogP contribution in [-0.4, -0.2) is 9.97 Å². The fourth-order valence-corrected chi connectivity index (χ4v) is 5.86. The van der Waals surface area contributed by atoms with Gasteiger partial charge in [0.15, 0.2) is 0 Å². The van der Waals surface area contributed by atoms with E-state index in [-0.39, 0.29) is 0 Å². The summed E-state index contributed by atoms with van der Waals surface area (Å²) < 4.78 is 0. The van der Waals surface area contributed by atoms with E-state index in [0.29, 0.717) is 5.92 Å². The molecule has 0 fully saturated rings. The molecule has 6 aromatic rings. The lowest BCUT2D eigenvalue weighted by atomic mass is 9.80. The molecule has 176 valence electrons. The molecule has 0 saturated carbocycles. The molecule has 0 amide bonds. The van der Waals surface area contributed by atoms with E-state index < -0.39 is 0 Å². The number of benzene rings is 4. The van der Waals surface area contributed by atoms with Crippen molar-refractivity contribution in [2.45, 2.75) is 19.3 Å². The number of hydrogen-bond donors (Lipinski definition) is 0. The summed E-state index contributed by atoms with van der Waals surface area (Å²) in [6, 6.07) is 31.0. The van der Waals surface area contributed by atoms with Gasteiger partial charge in [-0.1, -0.05) is 55.5 Å². The van der Waals surface area contributed by atoms with Crippen LogP contribution < -0.4 is 0 Å². The minimum atomic E-state index is 0.484. The zero-order chi connectivity index (χ0) is 24.8. The Morgan fingerprint density at radius 1 is 0.541 bits per heavy atom. The topological polar surface area (TPSA) is 25.8 Å². The largest absolute Gasteiger partial charge is 0.265 e. The summed E-state index contributed by atoms with van der Waals surface area (Å²) in [5.74, 6) is 0.484. The van der Waals surface area contributed by atoms with Crippen molar-refractivity contribution in [3.8, 4) is 33.4 Å². The SMILES string of the molecule is CC1CC=Cc2c1c1cc(-c3cc(-c4ccncc4)cc(-c4ccncc4)c3)ccc1c1ccccc21. The van der Waals surface area contributed by atoms with E-state index in [2.05, 4.69) is 114 Å². The molecule has 7 rings (SSSR count). The summed E-state index contributed by atoms with van der Waals surface area (Å²) in [6.07, 6.45) is 13.2. The minimum absolute atomic E-state index is 0.484. The second kappa shape index (κ2) is 8.83. The van der Waals surface area contributed by atoms with Crippen molar-refractivity contribution >= 4 is 27.6 Å². The van der Waals surface area contributed by atoms with Crippen LogP contribution in [0.5, 0.6) is 0 Å². The van der Waals surface area contributed by atoms with Crippen LogP contribution in [0, 0.1) is 0 Å². The van der Waals surface area contributed by atoms with Gasteiger partial charge in [-0.15, -0.1) is 0 Å². The number of allylic oxidation sites excluding steroid dienone is 1. The molecule has 1 aliphatic carbocycles. The Hall–Kier alpha value is -4.56. The van der Waals surface area contributed by atoms with E-state index in [1.165, 1.54) is 54.9 Å². The maximum absolute atomic E-state index is 4.23. The van der Waals surface area contributed by atoms with Gasteiger partial charge in [-0.3, -0.25) is 9.97 Å². The van der Waals surface area contributed by atoms with Gasteiger partial charge in [0.05, 0.1) is 0 Å². The Bertz CT molecular complexity index is 1740. The van der Waals surface area contributed by atoms with Gasteiger partial charge in [0.2, 0.25) is 0 Å². The third-order valence-corrected chi connectivity index (χ3v) is 7.67. The lowest BCUT2D eigenvalue weighted by Crippen LogP contribution is -2.02. The first-order valence-corrected chi connectivity index (χ1v) is 12.9. The van der Waals surface area contributed by atoms with Crippen molar-refractivity contribution in [2.75, 3.05) is 0 Å². The minimum Gasteiger partial charge on any atom is -0.265 e. The van der Waals surface area contributed by atoms with Crippen molar-refractivity contribution < 1.29 is 0 Å². The van der Waals surface area contributed by atoms with Crippen LogP contribution in [0.25, 0.3) is 61.0 Å². The number of hydrogen-bond acceptors (Lipinski definition) is 2. The third-order valence-electron chi connectivity index (χ3n) is 7.67. The number of nitrogens with zero attached hydrogens (tertiary/aromatic N) is 2. The molecular weight excluding hydrogens is 448 g/mol. The lowest BCUT2D eigenvalue weighted by molar-refractivity contribution is 0.781. The summed E-state index contributed by atoms with van der Waals surface area (Å²) in [4.78, 5) is 8.45. The zero-order valence-electron chi connectivity index (χ0n) is 20.7. The highest BCUT2D eigenvalue weighted by molar-refractivity contribution is 6.14. The van der Waals surface area contributed by atoms with Gasteiger partial charge >= 0.3 is 0 Å². The Morgan fingerprint density at radius 3 is 1.76 bits per heavy atom. The van der Waals surface area contributed by atoms with Crippen molar-refractivity contribution in [1.82, 2.24) is 9.97 Å². The van der Waals surface area contributed by atoms with Crippen molar-refractivity contribution in [2.24, 2.45) is 0 Å². The maximum atomic E-state index is 4.23. The standard InChI is InChI=1S/C35H26N2/c1-23-5-4-8-33-31-7-3-2-6-30(31)32-10-9-26(22-34(32)35(23)33)29-20-27(24-11-15-36-16-12-24)19-28(21-29)25-13-17-37-18-14-25/h2-4,6-23H,5H2,1H3. The first kappa shape index (κ1) is 21.7. The van der Waals surface area contributed by atoms with Gasteiger partial charge in [0.1, 0.15) is 0 Å². The lowest BCUT2D eigenvalue weighted by Gasteiger charge is -2.23. The highest BCUT2D eigenvalue weighted by Gasteiger charge is 2.20. The van der Waals surface area contributed by atoms with Crippen molar-refractivity contribution in [3.05, 3.63) is 127 Å². The molecule has 4 aromatic carbocycles. The van der Waals surface area contributed by atoms with Gasteiger partial charge in [-0.05, 0) is 127 Å². The average molecular weight is 475 g/mol. The summed E-state index contributed by atoms with van der Waals surface area (Å²) in [5.41, 5.74) is 9.99. The molecule has 2 heteroatoms. The van der Waals surface area contributed by atoms with Crippen LogP contribution in [0.15, 0.2) is 116 Å². The van der Waals surface area contributed by atoms with Crippen LogP contribution in [0.1, 0.15) is 30.4 Å². The maximum Gasteiger partial charge on any atom is 0.0273 e. The fourth-order valence-electron chi connectivity index (χ4n) is 5.86. The van der Waals surface area contributed by atoms with Crippen LogP contribution in [0.3, 0.4) is 0 Å². The van der Waals surface area contributed by atoms with Crippen LogP contribution in [-0.2, 0) is 0 Å². The first-order valence-electron chi connectivity index (χ1n) is 12.9. The molecular formula is C35H26N2. The van der Waals surface area contributed by atoms with Gasteiger partial charge in [-0.2, -0.15) is 0 Å². The number of fused-ring (bicyclic) bond motifs is 6. The normalized spacial score (nSPS) is 14.7. The zero-order valence-corrected chi connectivity index (χ0v) is 20.7. The molecule has 0 N–H and O–H groups in total. The molecule has 37 heavy (non-hydrogen) atoms. The molecule has 1 aliphatic rings. The number of rotatable bonds is 3. The third kappa shape index (κ3) is 3.73. The molecule has 2 nitrogen and oxygen atoms in total. The van der Waals surface area contributed by atoms with E-state index in [1.807, 2.05) is 24.8 Å². The molecule has 0 spiro atoms. The second-order valence-corrected chi connectivity index (χ2v) is 9.94. The molecule has 1 unspecified atom stereocenters. The van der Waals surface area contributed by atoms with Crippen molar-refractivity contribution in [1.29, 1.82) is 0 Å². The predicted octanol–water partition coefficient (Wildman–Crippen LogP) is 9.30. The molecule has 0 saturated heterocycles. The molecule has 0 radical (unpaired) electrons. The molecule has 0 bridgehead atoms. The monoisotopic (exact) mass is 474 g/mol. The summed E-state index contributed by atoms with van der Waals surface area (Å²) in [7, 11) is 0. The molecule has 1 atom stereocenters. The van der Waals surface area contributed by atoms with Crippen LogP contribution in [0.2, 0.25) is 0 Å². The highest BCUT2D eigenvalue weighted by atomic mass is 14.6.